The quantitative estimate of drug-likeness (QED) is 0.779. The van der Waals surface area contributed by atoms with E-state index in [9.17, 15) is 4.79 Å². The van der Waals surface area contributed by atoms with E-state index < -0.39 is 0 Å². The molecule has 20 heavy (non-hydrogen) atoms. The Bertz CT molecular complexity index is 427. The number of nitrogens with two attached hydrogens (primary N) is 1. The van der Waals surface area contributed by atoms with E-state index in [1.165, 1.54) is 12.7 Å². The highest BCUT2D eigenvalue weighted by Crippen LogP contribution is 2.36. The van der Waals surface area contributed by atoms with Gasteiger partial charge in [-0.1, -0.05) is 45.0 Å². The van der Waals surface area contributed by atoms with Gasteiger partial charge in [0.2, 0.25) is 0 Å². The summed E-state index contributed by atoms with van der Waals surface area (Å²) in [5.74, 6) is -0.199. The third kappa shape index (κ3) is 3.40. The second-order valence-electron chi connectivity index (χ2n) is 5.33. The van der Waals surface area contributed by atoms with E-state index in [-0.39, 0.29) is 17.4 Å². The summed E-state index contributed by atoms with van der Waals surface area (Å²) in [7, 11) is 1.43. The highest BCUT2D eigenvalue weighted by atomic mass is 16.5. The lowest BCUT2D eigenvalue weighted by Crippen LogP contribution is -2.46. The first-order chi connectivity index (χ1) is 9.53. The molecule has 0 spiro atoms. The number of esters is 1. The molecule has 112 valence electrons. The molecule has 0 bridgehead atoms. The fraction of sp³-hybridized carbons (Fsp3) is 0.588. The number of hydrogen-bond acceptors (Lipinski definition) is 3. The summed E-state index contributed by atoms with van der Waals surface area (Å²) in [4.78, 5) is 11.8. The molecule has 0 aromatic heterocycles. The third-order valence-electron chi connectivity index (χ3n) is 4.41. The number of carbonyl (C=O) groups is 1. The normalized spacial score (nSPS) is 15.4. The van der Waals surface area contributed by atoms with Crippen molar-refractivity contribution in [2.24, 2.45) is 5.73 Å². The molecular weight excluding hydrogens is 250 g/mol. The summed E-state index contributed by atoms with van der Waals surface area (Å²) in [5.41, 5.74) is 8.45. The molecule has 2 N–H and O–H groups in total. The Morgan fingerprint density at radius 1 is 1.25 bits per heavy atom. The summed E-state index contributed by atoms with van der Waals surface area (Å²) < 4.78 is 4.87. The predicted molar refractivity (Wildman–Crippen MR) is 82.7 cm³/mol. The fourth-order valence-electron chi connectivity index (χ4n) is 2.83. The minimum Gasteiger partial charge on any atom is -0.469 e. The molecule has 3 nitrogen and oxygen atoms in total. The Hall–Kier alpha value is -1.35. The van der Waals surface area contributed by atoms with Gasteiger partial charge in [0.05, 0.1) is 13.5 Å². The molecule has 1 aromatic carbocycles. The van der Waals surface area contributed by atoms with Crippen molar-refractivity contribution in [1.82, 2.24) is 0 Å². The van der Waals surface area contributed by atoms with Crippen LogP contribution in [-0.2, 0) is 21.4 Å². The summed E-state index contributed by atoms with van der Waals surface area (Å²) in [5, 5.41) is 0. The van der Waals surface area contributed by atoms with Crippen LogP contribution in [0.4, 0.5) is 0 Å². The lowest BCUT2D eigenvalue weighted by molar-refractivity contribution is -0.142. The minimum absolute atomic E-state index is 0.0564. The van der Waals surface area contributed by atoms with E-state index in [4.69, 9.17) is 10.5 Å². The van der Waals surface area contributed by atoms with E-state index in [1.807, 2.05) is 0 Å². The van der Waals surface area contributed by atoms with Gasteiger partial charge in [-0.3, -0.25) is 4.79 Å². The molecule has 1 aromatic rings. The van der Waals surface area contributed by atoms with Crippen LogP contribution in [0, 0.1) is 0 Å². The van der Waals surface area contributed by atoms with Gasteiger partial charge in [-0.2, -0.15) is 0 Å². The molecule has 0 amide bonds. The zero-order chi connectivity index (χ0) is 15.2. The maximum atomic E-state index is 11.8. The smallest absolute Gasteiger partial charge is 0.306 e. The Morgan fingerprint density at radius 2 is 1.85 bits per heavy atom. The molecule has 2 atom stereocenters. The van der Waals surface area contributed by atoms with E-state index >= 15 is 0 Å². The number of methoxy groups -OCH3 is 1. The van der Waals surface area contributed by atoms with Crippen molar-refractivity contribution in [2.75, 3.05) is 7.11 Å². The molecule has 2 unspecified atom stereocenters. The zero-order valence-electron chi connectivity index (χ0n) is 13.1. The Balaban J connectivity index is 3.22. The molecule has 3 heteroatoms. The van der Waals surface area contributed by atoms with E-state index in [0.29, 0.717) is 6.42 Å². The van der Waals surface area contributed by atoms with Crippen molar-refractivity contribution in [2.45, 2.75) is 57.9 Å². The van der Waals surface area contributed by atoms with Gasteiger partial charge in [-0.05, 0) is 30.4 Å². The van der Waals surface area contributed by atoms with Crippen LogP contribution in [-0.4, -0.2) is 19.1 Å². The molecule has 0 fully saturated rings. The maximum absolute atomic E-state index is 11.8. The van der Waals surface area contributed by atoms with Gasteiger partial charge < -0.3 is 10.5 Å². The maximum Gasteiger partial charge on any atom is 0.306 e. The van der Waals surface area contributed by atoms with Crippen LogP contribution in [0.2, 0.25) is 0 Å². The van der Waals surface area contributed by atoms with E-state index in [2.05, 4.69) is 45.0 Å². The zero-order valence-corrected chi connectivity index (χ0v) is 13.1. The first kappa shape index (κ1) is 16.7. The summed E-state index contributed by atoms with van der Waals surface area (Å²) in [6, 6.07) is 8.42. The lowest BCUT2D eigenvalue weighted by Gasteiger charge is -2.38. The van der Waals surface area contributed by atoms with Crippen molar-refractivity contribution in [1.29, 1.82) is 0 Å². The Kier molecular flexibility index (Phi) is 6.21. The van der Waals surface area contributed by atoms with Gasteiger partial charge in [0, 0.05) is 11.5 Å². The fourth-order valence-corrected chi connectivity index (χ4v) is 2.83. The highest BCUT2D eigenvalue weighted by Gasteiger charge is 2.38. The molecule has 0 aliphatic heterocycles. The van der Waals surface area contributed by atoms with Crippen molar-refractivity contribution in [3.63, 3.8) is 0 Å². The summed E-state index contributed by atoms with van der Waals surface area (Å²) >= 11 is 0. The van der Waals surface area contributed by atoms with E-state index in [1.54, 1.807) is 0 Å². The number of hydrogen-bond donors (Lipinski definition) is 1. The molecule has 0 saturated carbocycles. The average Bonchev–Trinajstić information content (AvgIpc) is 2.51. The van der Waals surface area contributed by atoms with Gasteiger partial charge in [0.1, 0.15) is 0 Å². The molecule has 0 saturated heterocycles. The second-order valence-corrected chi connectivity index (χ2v) is 5.33. The van der Waals surface area contributed by atoms with Crippen LogP contribution >= 0.6 is 0 Å². The second kappa shape index (κ2) is 7.44. The SMILES string of the molecule is CCc1ccc(C(CC)(CC(=O)OC)C(N)CC)cc1. The monoisotopic (exact) mass is 277 g/mol. The highest BCUT2D eigenvalue weighted by molar-refractivity contribution is 5.71. The summed E-state index contributed by atoms with van der Waals surface area (Å²) in [6.45, 7) is 6.28. The number of aryl methyl sites for hydroxylation is 1. The molecule has 1 rings (SSSR count). The van der Waals surface area contributed by atoms with Gasteiger partial charge in [-0.25, -0.2) is 0 Å². The van der Waals surface area contributed by atoms with Crippen LogP contribution in [0.3, 0.4) is 0 Å². The molecular formula is C17H27NO2. The van der Waals surface area contributed by atoms with Gasteiger partial charge in [0.25, 0.3) is 0 Å². The largest absolute Gasteiger partial charge is 0.469 e. The molecule has 0 aliphatic carbocycles. The van der Waals surface area contributed by atoms with Crippen molar-refractivity contribution in [3.8, 4) is 0 Å². The van der Waals surface area contributed by atoms with Gasteiger partial charge in [-0.15, -0.1) is 0 Å². The molecule has 0 radical (unpaired) electrons. The number of ether oxygens (including phenoxy) is 1. The minimum atomic E-state index is -0.339. The summed E-state index contributed by atoms with van der Waals surface area (Å²) in [6.07, 6.45) is 3.00. The number of rotatable bonds is 7. The molecule has 0 heterocycles. The van der Waals surface area contributed by atoms with Crippen LogP contribution < -0.4 is 5.73 Å². The van der Waals surface area contributed by atoms with Crippen LogP contribution in [0.25, 0.3) is 0 Å². The first-order valence-electron chi connectivity index (χ1n) is 7.45. The Morgan fingerprint density at radius 3 is 2.25 bits per heavy atom. The predicted octanol–water partition coefficient (Wildman–Crippen LogP) is 3.20. The van der Waals surface area contributed by atoms with Crippen LogP contribution in [0.5, 0.6) is 0 Å². The topological polar surface area (TPSA) is 52.3 Å². The average molecular weight is 277 g/mol. The van der Waals surface area contributed by atoms with Crippen molar-refractivity contribution < 1.29 is 9.53 Å². The Labute approximate surface area is 122 Å². The van der Waals surface area contributed by atoms with Crippen LogP contribution in [0.15, 0.2) is 24.3 Å². The van der Waals surface area contributed by atoms with Crippen molar-refractivity contribution in [3.05, 3.63) is 35.4 Å². The van der Waals surface area contributed by atoms with Gasteiger partial charge in [0.15, 0.2) is 0 Å². The number of benzene rings is 1. The lowest BCUT2D eigenvalue weighted by atomic mass is 9.69. The van der Waals surface area contributed by atoms with Crippen molar-refractivity contribution >= 4 is 5.97 Å². The number of carbonyl (C=O) groups excluding carboxylic acids is 1. The third-order valence-corrected chi connectivity index (χ3v) is 4.41. The van der Waals surface area contributed by atoms with E-state index in [0.717, 1.165) is 24.8 Å². The van der Waals surface area contributed by atoms with Crippen LogP contribution in [0.1, 0.15) is 51.2 Å². The van der Waals surface area contributed by atoms with Gasteiger partial charge >= 0.3 is 5.97 Å². The first-order valence-corrected chi connectivity index (χ1v) is 7.45. The standard InChI is InChI=1S/C17H27NO2/c1-5-13-8-10-14(11-9-13)17(7-3,15(18)6-2)12-16(19)20-4/h8-11,15H,5-7,12,18H2,1-4H3. The molecule has 0 aliphatic rings.